The summed E-state index contributed by atoms with van der Waals surface area (Å²) in [6.07, 6.45) is -4.21. The second-order valence-corrected chi connectivity index (χ2v) is 7.64. The zero-order valence-electron chi connectivity index (χ0n) is 15.6. The normalized spacial score (nSPS) is 21.3. The Kier molecular flexibility index (Phi) is 4.43. The minimum Gasteiger partial charge on any atom is -0.399 e. The molecule has 1 atom stereocenters. The molecule has 1 saturated heterocycles. The first-order valence-electron chi connectivity index (χ1n) is 8.36. The van der Waals surface area contributed by atoms with Crippen molar-refractivity contribution >= 4 is 12.6 Å². The van der Waals surface area contributed by atoms with E-state index in [1.807, 2.05) is 27.7 Å². The van der Waals surface area contributed by atoms with Crippen LogP contribution >= 0.6 is 0 Å². The molecule has 1 aliphatic heterocycles. The average Bonchev–Trinajstić information content (AvgIpc) is 3.06. The summed E-state index contributed by atoms with van der Waals surface area (Å²) in [6, 6.07) is 5.05. The van der Waals surface area contributed by atoms with Crippen molar-refractivity contribution in [2.75, 3.05) is 0 Å². The monoisotopic (exact) mass is 385 g/mol. The maximum Gasteiger partial charge on any atom is 0.494 e. The smallest absolute Gasteiger partial charge is 0.399 e. The number of aryl methyl sites for hydroxylation is 1. The van der Waals surface area contributed by atoms with Crippen molar-refractivity contribution in [1.29, 1.82) is 0 Å². The molecule has 146 valence electrons. The van der Waals surface area contributed by atoms with Crippen LogP contribution in [0.3, 0.4) is 0 Å². The highest BCUT2D eigenvalue weighted by atomic mass is 19.4. The molecule has 0 aliphatic carbocycles. The SMILES string of the molecule is Cn1cnnc1C(F)(c1cccc(B2OC(C)(C)C(C)(C)O2)c1)C(F)(F)F. The molecule has 2 aromatic rings. The van der Waals surface area contributed by atoms with Crippen molar-refractivity contribution in [3.63, 3.8) is 0 Å². The third kappa shape index (κ3) is 3.04. The summed E-state index contributed by atoms with van der Waals surface area (Å²) < 4.78 is 69.4. The molecule has 1 fully saturated rings. The van der Waals surface area contributed by atoms with E-state index in [2.05, 4.69) is 10.2 Å². The Bertz CT molecular complexity index is 837. The van der Waals surface area contributed by atoms with Crippen LogP contribution in [0.15, 0.2) is 30.6 Å². The quantitative estimate of drug-likeness (QED) is 0.603. The van der Waals surface area contributed by atoms with E-state index < -0.39 is 41.6 Å². The van der Waals surface area contributed by atoms with Gasteiger partial charge in [-0.2, -0.15) is 13.2 Å². The molecule has 1 aromatic heterocycles. The highest BCUT2D eigenvalue weighted by Crippen LogP contribution is 2.46. The second kappa shape index (κ2) is 6.03. The highest BCUT2D eigenvalue weighted by Gasteiger charge is 2.62. The maximum absolute atomic E-state index is 15.5. The lowest BCUT2D eigenvalue weighted by Gasteiger charge is -2.32. The van der Waals surface area contributed by atoms with Gasteiger partial charge in [0.15, 0.2) is 5.82 Å². The van der Waals surface area contributed by atoms with Gasteiger partial charge in [0.2, 0.25) is 0 Å². The van der Waals surface area contributed by atoms with Gasteiger partial charge in [0.1, 0.15) is 6.33 Å². The molecule has 0 radical (unpaired) electrons. The molecule has 1 unspecified atom stereocenters. The molecule has 0 saturated carbocycles. The van der Waals surface area contributed by atoms with Crippen LogP contribution in [0.25, 0.3) is 0 Å². The van der Waals surface area contributed by atoms with Gasteiger partial charge < -0.3 is 13.9 Å². The lowest BCUT2D eigenvalue weighted by molar-refractivity contribution is -0.222. The molecular formula is C17H20BF4N3O2. The molecule has 10 heteroatoms. The zero-order chi connectivity index (χ0) is 20.3. The fourth-order valence-electron chi connectivity index (χ4n) is 2.89. The van der Waals surface area contributed by atoms with Crippen LogP contribution < -0.4 is 5.46 Å². The summed E-state index contributed by atoms with van der Waals surface area (Å²) in [5.41, 5.74) is -5.49. The first kappa shape index (κ1) is 19.8. The number of aromatic nitrogens is 3. The number of rotatable bonds is 3. The summed E-state index contributed by atoms with van der Waals surface area (Å²) in [7, 11) is 0.347. The van der Waals surface area contributed by atoms with Crippen molar-refractivity contribution < 1.29 is 26.9 Å². The fourth-order valence-corrected chi connectivity index (χ4v) is 2.89. The van der Waals surface area contributed by atoms with Crippen molar-refractivity contribution in [3.05, 3.63) is 42.0 Å². The summed E-state index contributed by atoms with van der Waals surface area (Å²) in [5.74, 6) is -0.846. The third-order valence-corrected chi connectivity index (χ3v) is 5.22. The fraction of sp³-hybridized carbons (Fsp3) is 0.529. The molecule has 2 heterocycles. The summed E-state index contributed by atoms with van der Waals surface area (Å²) >= 11 is 0. The number of hydrogen-bond acceptors (Lipinski definition) is 4. The molecule has 0 bridgehead atoms. The van der Waals surface area contributed by atoms with Gasteiger partial charge in [0, 0.05) is 12.6 Å². The molecule has 5 nitrogen and oxygen atoms in total. The highest BCUT2D eigenvalue weighted by molar-refractivity contribution is 6.62. The van der Waals surface area contributed by atoms with Gasteiger partial charge in [-0.05, 0) is 33.2 Å². The van der Waals surface area contributed by atoms with E-state index in [0.29, 0.717) is 5.46 Å². The van der Waals surface area contributed by atoms with Crippen molar-refractivity contribution in [3.8, 4) is 0 Å². The van der Waals surface area contributed by atoms with E-state index in [9.17, 15) is 13.2 Å². The summed E-state index contributed by atoms with van der Waals surface area (Å²) in [4.78, 5) is 0. The van der Waals surface area contributed by atoms with Crippen molar-refractivity contribution in [1.82, 2.24) is 14.8 Å². The number of halogens is 4. The number of benzene rings is 1. The predicted octanol–water partition coefficient (Wildman–Crippen LogP) is 2.89. The molecule has 27 heavy (non-hydrogen) atoms. The Balaban J connectivity index is 2.08. The summed E-state index contributed by atoms with van der Waals surface area (Å²) in [6.45, 7) is 7.30. The minimum atomic E-state index is -5.23. The van der Waals surface area contributed by atoms with Gasteiger partial charge in [-0.1, -0.05) is 24.3 Å². The molecule has 1 aliphatic rings. The van der Waals surface area contributed by atoms with E-state index in [1.165, 1.54) is 13.1 Å². The van der Waals surface area contributed by atoms with Gasteiger partial charge in [0.25, 0.3) is 5.67 Å². The molecule has 1 aromatic carbocycles. The van der Waals surface area contributed by atoms with E-state index in [4.69, 9.17) is 9.31 Å². The topological polar surface area (TPSA) is 49.2 Å². The van der Waals surface area contributed by atoms with E-state index in [-0.39, 0.29) is 0 Å². The van der Waals surface area contributed by atoms with Crippen LogP contribution in [0, 0.1) is 0 Å². The molecule has 3 rings (SSSR count). The number of hydrogen-bond donors (Lipinski definition) is 0. The van der Waals surface area contributed by atoms with Crippen LogP contribution in [0.4, 0.5) is 17.6 Å². The van der Waals surface area contributed by atoms with Gasteiger partial charge in [-0.3, -0.25) is 0 Å². The largest absolute Gasteiger partial charge is 0.494 e. The Morgan fingerprint density at radius 2 is 1.63 bits per heavy atom. The van der Waals surface area contributed by atoms with E-state index >= 15 is 4.39 Å². The van der Waals surface area contributed by atoms with Gasteiger partial charge >= 0.3 is 13.3 Å². The molecular weight excluding hydrogens is 365 g/mol. The Hall–Kier alpha value is -1.94. The van der Waals surface area contributed by atoms with Crippen LogP contribution in [-0.2, 0) is 22.0 Å². The number of nitrogens with zero attached hydrogens (tertiary/aromatic N) is 3. The first-order chi connectivity index (χ1) is 12.3. The number of alkyl halides is 4. The Morgan fingerprint density at radius 1 is 1.04 bits per heavy atom. The average molecular weight is 385 g/mol. The lowest BCUT2D eigenvalue weighted by Crippen LogP contribution is -2.43. The van der Waals surface area contributed by atoms with Gasteiger partial charge in [-0.15, -0.1) is 10.2 Å². The third-order valence-electron chi connectivity index (χ3n) is 5.22. The molecule has 0 N–H and O–H groups in total. The Morgan fingerprint density at radius 3 is 2.11 bits per heavy atom. The van der Waals surface area contributed by atoms with Crippen LogP contribution in [0.1, 0.15) is 39.1 Å². The first-order valence-corrected chi connectivity index (χ1v) is 8.36. The molecule has 0 amide bonds. The predicted molar refractivity (Wildman–Crippen MR) is 91.1 cm³/mol. The zero-order valence-corrected chi connectivity index (χ0v) is 15.6. The minimum absolute atomic E-state index is 0.291. The van der Waals surface area contributed by atoms with E-state index in [0.717, 1.165) is 23.0 Å². The molecule has 0 spiro atoms. The van der Waals surface area contributed by atoms with Crippen LogP contribution in [0.5, 0.6) is 0 Å². The van der Waals surface area contributed by atoms with Gasteiger partial charge in [-0.25, -0.2) is 4.39 Å². The lowest BCUT2D eigenvalue weighted by atomic mass is 9.77. The van der Waals surface area contributed by atoms with Crippen LogP contribution in [0.2, 0.25) is 0 Å². The second-order valence-electron chi connectivity index (χ2n) is 7.64. The van der Waals surface area contributed by atoms with Crippen LogP contribution in [-0.4, -0.2) is 39.3 Å². The maximum atomic E-state index is 15.5. The van der Waals surface area contributed by atoms with Crippen molar-refractivity contribution in [2.45, 2.75) is 50.7 Å². The van der Waals surface area contributed by atoms with Gasteiger partial charge in [0.05, 0.1) is 11.2 Å². The summed E-state index contributed by atoms with van der Waals surface area (Å²) in [5, 5.41) is 6.75. The Labute approximate surface area is 154 Å². The standard InChI is InChI=1S/C17H20BF4N3O2/c1-14(2)15(3,4)27-18(26-14)12-8-6-7-11(9-12)16(19,17(20,21)22)13-24-23-10-25(13)5/h6-10H,1-5H3. The van der Waals surface area contributed by atoms with Crippen molar-refractivity contribution in [2.24, 2.45) is 7.05 Å². The van der Waals surface area contributed by atoms with E-state index in [1.54, 1.807) is 6.07 Å².